The third-order valence-electron chi connectivity index (χ3n) is 8.98. The highest BCUT2D eigenvalue weighted by atomic mass is 32.3. The van der Waals surface area contributed by atoms with Crippen LogP contribution < -0.4 is 14.5 Å². The Morgan fingerprint density at radius 3 is 2.06 bits per heavy atom. The van der Waals surface area contributed by atoms with Gasteiger partial charge in [0.05, 0.1) is 24.3 Å². The van der Waals surface area contributed by atoms with E-state index in [9.17, 15) is 9.11 Å². The van der Waals surface area contributed by atoms with E-state index in [1.165, 1.54) is 56.3 Å². The van der Waals surface area contributed by atoms with Gasteiger partial charge in [-0.2, -0.15) is 10.6 Å². The summed E-state index contributed by atoms with van der Waals surface area (Å²) in [6.07, 6.45) is 7.63. The molecule has 0 spiro atoms. The number of benzene rings is 1. The molecule has 0 atom stereocenters. The summed E-state index contributed by atoms with van der Waals surface area (Å²) < 4.78 is 26.3. The van der Waals surface area contributed by atoms with E-state index in [4.69, 9.17) is 4.74 Å². The van der Waals surface area contributed by atoms with Gasteiger partial charge in [0, 0.05) is 51.0 Å². The molecular formula is C29H51N3O3S. The number of hydrogen-bond acceptors (Lipinski definition) is 6. The van der Waals surface area contributed by atoms with Crippen LogP contribution in [0.1, 0.15) is 77.7 Å². The lowest BCUT2D eigenvalue weighted by Gasteiger charge is -2.43. The van der Waals surface area contributed by atoms with Gasteiger partial charge in [-0.3, -0.25) is 14.0 Å². The summed E-state index contributed by atoms with van der Waals surface area (Å²) in [5, 5.41) is 0. The van der Waals surface area contributed by atoms with Crippen molar-refractivity contribution in [2.24, 2.45) is 11.3 Å². The normalized spacial score (nSPS) is 26.6. The maximum Gasteiger partial charge on any atom is 0.144 e. The van der Waals surface area contributed by atoms with E-state index in [0.717, 1.165) is 43.5 Å². The number of piperazine rings is 1. The zero-order valence-electron chi connectivity index (χ0n) is 23.5. The zero-order chi connectivity index (χ0) is 25.9. The molecule has 7 heteroatoms. The van der Waals surface area contributed by atoms with E-state index < -0.39 is 10.6 Å². The molecule has 0 bridgehead atoms. The molecule has 2 aliphatic heterocycles. The van der Waals surface area contributed by atoms with Crippen molar-refractivity contribution >= 4 is 22.0 Å². The van der Waals surface area contributed by atoms with Gasteiger partial charge in [0.25, 0.3) is 0 Å². The third-order valence-corrected chi connectivity index (χ3v) is 10.7. The number of nitrogens with zero attached hydrogens (tertiary/aromatic N) is 3. The largest absolute Gasteiger partial charge is 0.495 e. The van der Waals surface area contributed by atoms with Crippen LogP contribution in [-0.4, -0.2) is 78.4 Å². The molecule has 3 aliphatic rings. The number of anilines is 2. The minimum absolute atomic E-state index is 0.380. The summed E-state index contributed by atoms with van der Waals surface area (Å²) in [6.45, 7) is 16.4. The minimum atomic E-state index is -2.43. The van der Waals surface area contributed by atoms with Crippen LogP contribution in [0.4, 0.5) is 11.4 Å². The molecule has 1 aliphatic carbocycles. The van der Waals surface area contributed by atoms with Crippen molar-refractivity contribution in [3.63, 3.8) is 0 Å². The average molecular weight is 522 g/mol. The summed E-state index contributed by atoms with van der Waals surface area (Å²) in [5.74, 6) is 3.19. The summed E-state index contributed by atoms with van der Waals surface area (Å²) in [7, 11) is -0.652. The van der Waals surface area contributed by atoms with Gasteiger partial charge in [-0.15, -0.1) is 0 Å². The van der Waals surface area contributed by atoms with Crippen molar-refractivity contribution in [2.75, 3.05) is 74.2 Å². The van der Waals surface area contributed by atoms with E-state index in [0.29, 0.717) is 35.9 Å². The summed E-state index contributed by atoms with van der Waals surface area (Å²) in [4.78, 5) is 7.53. The first-order chi connectivity index (χ1) is 17.1. The molecule has 0 amide bonds. The van der Waals surface area contributed by atoms with Gasteiger partial charge in [-0.1, -0.05) is 34.1 Å². The standard InChI is InChI=1S/C29H51N3O3S/c1-6-7-12-30-13-15-31(16-14-30)26-22-28(35-5)27(32-17-19-36(33,34)20-18-32)21-25(26)23-8-10-24(11-9-23)29(2,3)4/h21-24,33-34H,6-20H2,1-5H3. The van der Waals surface area contributed by atoms with Gasteiger partial charge < -0.3 is 14.5 Å². The van der Waals surface area contributed by atoms with E-state index in [2.05, 4.69) is 54.5 Å². The molecule has 206 valence electrons. The molecule has 0 aromatic heterocycles. The topological polar surface area (TPSA) is 59.4 Å². The fraction of sp³-hybridized carbons (Fsp3) is 0.793. The quantitative estimate of drug-likeness (QED) is 0.427. The first-order valence-corrected chi connectivity index (χ1v) is 16.2. The Kier molecular flexibility index (Phi) is 9.07. The van der Waals surface area contributed by atoms with Crippen LogP contribution in [0, 0.1) is 11.3 Å². The van der Waals surface area contributed by atoms with Gasteiger partial charge >= 0.3 is 0 Å². The highest BCUT2D eigenvalue weighted by molar-refractivity contribution is 8.24. The third kappa shape index (κ3) is 6.64. The smallest absolute Gasteiger partial charge is 0.144 e. The summed E-state index contributed by atoms with van der Waals surface area (Å²) in [6, 6.07) is 4.71. The van der Waals surface area contributed by atoms with E-state index in [-0.39, 0.29) is 0 Å². The Balaban J connectivity index is 1.61. The van der Waals surface area contributed by atoms with Gasteiger partial charge in [0.1, 0.15) is 5.75 Å². The number of hydrogen-bond donors (Lipinski definition) is 2. The Morgan fingerprint density at radius 2 is 1.50 bits per heavy atom. The highest BCUT2D eigenvalue weighted by Gasteiger charge is 2.33. The lowest BCUT2D eigenvalue weighted by Crippen LogP contribution is -2.47. The number of unbranched alkanes of at least 4 members (excludes halogenated alkanes) is 1. The van der Waals surface area contributed by atoms with Crippen LogP contribution in [0.5, 0.6) is 5.75 Å². The average Bonchev–Trinajstić information content (AvgIpc) is 2.87. The molecule has 4 rings (SSSR count). The van der Waals surface area contributed by atoms with Crippen molar-refractivity contribution in [2.45, 2.75) is 72.1 Å². The molecular weight excluding hydrogens is 470 g/mol. The van der Waals surface area contributed by atoms with Crippen LogP contribution >= 0.6 is 10.6 Å². The van der Waals surface area contributed by atoms with Crippen LogP contribution in [0.2, 0.25) is 0 Å². The molecule has 2 heterocycles. The zero-order valence-corrected chi connectivity index (χ0v) is 24.3. The highest BCUT2D eigenvalue weighted by Crippen LogP contribution is 2.49. The molecule has 0 radical (unpaired) electrons. The van der Waals surface area contributed by atoms with Crippen molar-refractivity contribution in [1.82, 2.24) is 4.90 Å². The predicted molar refractivity (Wildman–Crippen MR) is 156 cm³/mol. The molecule has 1 aromatic carbocycles. The van der Waals surface area contributed by atoms with Crippen molar-refractivity contribution in [1.29, 1.82) is 0 Å². The molecule has 6 nitrogen and oxygen atoms in total. The van der Waals surface area contributed by atoms with Crippen molar-refractivity contribution in [3.8, 4) is 5.75 Å². The molecule has 1 saturated carbocycles. The Labute approximate surface area is 221 Å². The van der Waals surface area contributed by atoms with Gasteiger partial charge in [0.2, 0.25) is 0 Å². The minimum Gasteiger partial charge on any atom is -0.495 e. The van der Waals surface area contributed by atoms with E-state index in [1.807, 2.05) is 0 Å². The van der Waals surface area contributed by atoms with E-state index in [1.54, 1.807) is 7.11 Å². The second-order valence-corrected chi connectivity index (χ2v) is 14.8. The molecule has 0 unspecified atom stereocenters. The Morgan fingerprint density at radius 1 is 0.889 bits per heavy atom. The van der Waals surface area contributed by atoms with Crippen LogP contribution in [0.15, 0.2) is 12.1 Å². The monoisotopic (exact) mass is 521 g/mol. The second-order valence-electron chi connectivity index (χ2n) is 12.4. The number of ether oxygens (including phenoxy) is 1. The lowest BCUT2D eigenvalue weighted by atomic mass is 9.68. The molecule has 36 heavy (non-hydrogen) atoms. The van der Waals surface area contributed by atoms with Crippen LogP contribution in [0.3, 0.4) is 0 Å². The maximum atomic E-state index is 10.2. The van der Waals surface area contributed by atoms with Crippen molar-refractivity contribution in [3.05, 3.63) is 17.7 Å². The van der Waals surface area contributed by atoms with Gasteiger partial charge in [0.15, 0.2) is 0 Å². The predicted octanol–water partition coefficient (Wildman–Crippen LogP) is 6.51. The van der Waals surface area contributed by atoms with Crippen LogP contribution in [0.25, 0.3) is 0 Å². The molecule has 2 N–H and O–H groups in total. The maximum absolute atomic E-state index is 10.2. The molecule has 3 fully saturated rings. The number of rotatable bonds is 7. The fourth-order valence-corrected chi connectivity index (χ4v) is 7.65. The van der Waals surface area contributed by atoms with Crippen molar-refractivity contribution < 1.29 is 13.8 Å². The van der Waals surface area contributed by atoms with Gasteiger partial charge in [-0.25, -0.2) is 0 Å². The summed E-state index contributed by atoms with van der Waals surface area (Å²) >= 11 is 0. The number of methoxy groups -OCH3 is 1. The molecule has 1 aromatic rings. The van der Waals surface area contributed by atoms with Crippen LogP contribution in [-0.2, 0) is 0 Å². The fourth-order valence-electron chi connectivity index (χ4n) is 6.42. The Hall–Kier alpha value is -1.15. The molecule has 2 saturated heterocycles. The Bertz CT molecular complexity index is 846. The summed E-state index contributed by atoms with van der Waals surface area (Å²) in [5.41, 5.74) is 4.36. The lowest BCUT2D eigenvalue weighted by molar-refractivity contribution is 0.169. The van der Waals surface area contributed by atoms with Gasteiger partial charge in [-0.05, 0) is 67.5 Å². The SMILES string of the molecule is CCCCN1CCN(c2cc(OC)c(N3CCS(O)(O)CC3)cc2C2CCC(C(C)(C)C)CC2)CC1. The van der Waals surface area contributed by atoms with E-state index >= 15 is 0 Å². The first kappa shape index (κ1) is 27.9. The second kappa shape index (κ2) is 11.7. The first-order valence-electron chi connectivity index (χ1n) is 14.3.